The van der Waals surface area contributed by atoms with Crippen LogP contribution in [0.25, 0.3) is 11.4 Å². The minimum absolute atomic E-state index is 0.409. The van der Waals surface area contributed by atoms with E-state index in [0.29, 0.717) is 11.8 Å². The van der Waals surface area contributed by atoms with Gasteiger partial charge in [-0.2, -0.15) is 4.98 Å². The quantitative estimate of drug-likeness (QED) is 0.765. The van der Waals surface area contributed by atoms with Gasteiger partial charge in [0.1, 0.15) is 11.5 Å². The predicted molar refractivity (Wildman–Crippen MR) is 81.9 cm³/mol. The van der Waals surface area contributed by atoms with E-state index in [1.807, 2.05) is 37.3 Å². The third-order valence-corrected chi connectivity index (χ3v) is 2.87. The zero-order chi connectivity index (χ0) is 14.7. The van der Waals surface area contributed by atoms with E-state index in [-0.39, 0.29) is 0 Å². The normalized spacial score (nSPS) is 10.3. The number of aryl methyl sites for hydroxylation is 1. The van der Waals surface area contributed by atoms with E-state index in [2.05, 4.69) is 25.3 Å². The van der Waals surface area contributed by atoms with Gasteiger partial charge in [-0.1, -0.05) is 6.07 Å². The lowest BCUT2D eigenvalue weighted by Gasteiger charge is -2.10. The number of aromatic nitrogens is 4. The molecule has 6 nitrogen and oxygen atoms in total. The number of nitrogen functional groups attached to an aromatic ring is 1. The molecule has 21 heavy (non-hydrogen) atoms. The lowest BCUT2D eigenvalue weighted by Crippen LogP contribution is -2.02. The van der Waals surface area contributed by atoms with Crippen molar-refractivity contribution in [1.29, 1.82) is 0 Å². The van der Waals surface area contributed by atoms with Crippen molar-refractivity contribution in [3.63, 3.8) is 0 Å². The second-order valence-corrected chi connectivity index (χ2v) is 4.49. The summed E-state index contributed by atoms with van der Waals surface area (Å²) in [6, 6.07) is 11.2. The monoisotopic (exact) mass is 278 g/mol. The number of pyridine rings is 2. The average molecular weight is 278 g/mol. The number of anilines is 3. The molecule has 0 spiro atoms. The van der Waals surface area contributed by atoms with Crippen LogP contribution in [0, 0.1) is 6.92 Å². The Morgan fingerprint density at radius 3 is 2.62 bits per heavy atom. The molecular formula is C15H14N6. The van der Waals surface area contributed by atoms with E-state index in [1.165, 1.54) is 0 Å². The Balaban J connectivity index is 2.03. The molecule has 0 saturated heterocycles. The Morgan fingerprint density at radius 2 is 1.86 bits per heavy atom. The zero-order valence-electron chi connectivity index (χ0n) is 11.5. The number of hydrogen-bond acceptors (Lipinski definition) is 6. The van der Waals surface area contributed by atoms with Gasteiger partial charge in [0.25, 0.3) is 0 Å². The van der Waals surface area contributed by atoms with Crippen molar-refractivity contribution in [3.05, 3.63) is 54.5 Å². The standard InChI is InChI=1S/C15H14N6/c1-10-5-6-12(20-15-18-9-7-13(16)21-15)14(19-10)11-4-2-3-8-17-11/h2-9H,1H3,(H3,16,18,20,21). The molecular weight excluding hydrogens is 264 g/mol. The van der Waals surface area contributed by atoms with E-state index in [1.54, 1.807) is 18.5 Å². The number of rotatable bonds is 3. The maximum Gasteiger partial charge on any atom is 0.229 e. The summed E-state index contributed by atoms with van der Waals surface area (Å²) in [5.41, 5.74) is 8.90. The smallest absolute Gasteiger partial charge is 0.229 e. The SMILES string of the molecule is Cc1ccc(Nc2nccc(N)n2)c(-c2ccccn2)n1. The Kier molecular flexibility index (Phi) is 3.42. The minimum atomic E-state index is 0.409. The van der Waals surface area contributed by atoms with E-state index in [4.69, 9.17) is 5.73 Å². The molecule has 3 heterocycles. The van der Waals surface area contributed by atoms with Crippen LogP contribution in [-0.2, 0) is 0 Å². The largest absolute Gasteiger partial charge is 0.384 e. The van der Waals surface area contributed by atoms with Crippen molar-refractivity contribution in [3.8, 4) is 11.4 Å². The fourth-order valence-electron chi connectivity index (χ4n) is 1.91. The molecule has 0 saturated carbocycles. The number of nitrogens with one attached hydrogen (secondary N) is 1. The molecule has 0 fully saturated rings. The van der Waals surface area contributed by atoms with Gasteiger partial charge < -0.3 is 11.1 Å². The summed E-state index contributed by atoms with van der Waals surface area (Å²) in [6.07, 6.45) is 3.34. The molecule has 0 aromatic carbocycles. The third kappa shape index (κ3) is 2.94. The minimum Gasteiger partial charge on any atom is -0.384 e. The van der Waals surface area contributed by atoms with Crippen LogP contribution in [0.4, 0.5) is 17.5 Å². The Bertz CT molecular complexity index is 757. The maximum absolute atomic E-state index is 5.67. The third-order valence-electron chi connectivity index (χ3n) is 2.87. The van der Waals surface area contributed by atoms with Crippen LogP contribution in [0.3, 0.4) is 0 Å². The average Bonchev–Trinajstić information content (AvgIpc) is 2.50. The second kappa shape index (κ2) is 5.54. The van der Waals surface area contributed by atoms with Crippen molar-refractivity contribution in [2.24, 2.45) is 0 Å². The summed E-state index contributed by atoms with van der Waals surface area (Å²) in [7, 11) is 0. The molecule has 3 rings (SSSR count). The lowest BCUT2D eigenvalue weighted by atomic mass is 10.2. The van der Waals surface area contributed by atoms with Crippen molar-refractivity contribution >= 4 is 17.5 Å². The van der Waals surface area contributed by atoms with E-state index < -0.39 is 0 Å². The van der Waals surface area contributed by atoms with Gasteiger partial charge in [-0.05, 0) is 37.3 Å². The number of hydrogen-bond donors (Lipinski definition) is 2. The second-order valence-electron chi connectivity index (χ2n) is 4.49. The first-order chi connectivity index (χ1) is 10.2. The van der Waals surface area contributed by atoms with Crippen molar-refractivity contribution in [2.45, 2.75) is 6.92 Å². The summed E-state index contributed by atoms with van der Waals surface area (Å²) in [5.74, 6) is 0.838. The Morgan fingerprint density at radius 1 is 0.952 bits per heavy atom. The fourth-order valence-corrected chi connectivity index (χ4v) is 1.91. The molecule has 3 aromatic rings. The molecule has 0 aliphatic heterocycles. The first-order valence-electron chi connectivity index (χ1n) is 6.47. The molecule has 0 aliphatic carbocycles. The highest BCUT2D eigenvalue weighted by Crippen LogP contribution is 2.26. The van der Waals surface area contributed by atoms with E-state index in [9.17, 15) is 0 Å². The van der Waals surface area contributed by atoms with Crippen LogP contribution in [0.15, 0.2) is 48.8 Å². The van der Waals surface area contributed by atoms with Crippen LogP contribution in [0.2, 0.25) is 0 Å². The molecule has 0 radical (unpaired) electrons. The summed E-state index contributed by atoms with van der Waals surface area (Å²) in [4.78, 5) is 17.2. The van der Waals surface area contributed by atoms with Gasteiger partial charge in [0, 0.05) is 18.1 Å². The first kappa shape index (κ1) is 13.0. The summed E-state index contributed by atoms with van der Waals surface area (Å²) >= 11 is 0. The van der Waals surface area contributed by atoms with E-state index in [0.717, 1.165) is 22.8 Å². The molecule has 0 aliphatic rings. The number of nitrogens with two attached hydrogens (primary N) is 1. The van der Waals surface area contributed by atoms with Gasteiger partial charge >= 0.3 is 0 Å². The molecule has 0 bridgehead atoms. The highest BCUT2D eigenvalue weighted by molar-refractivity contribution is 5.74. The topological polar surface area (TPSA) is 89.6 Å². The van der Waals surface area contributed by atoms with Gasteiger partial charge in [0.05, 0.1) is 11.4 Å². The Labute approximate surface area is 122 Å². The van der Waals surface area contributed by atoms with Crippen LogP contribution in [0.1, 0.15) is 5.69 Å². The molecule has 0 amide bonds. The highest BCUT2D eigenvalue weighted by Gasteiger charge is 2.09. The molecule has 104 valence electrons. The van der Waals surface area contributed by atoms with Gasteiger partial charge in [-0.25, -0.2) is 9.97 Å². The summed E-state index contributed by atoms with van der Waals surface area (Å²) in [5, 5.41) is 3.13. The van der Waals surface area contributed by atoms with Gasteiger partial charge in [-0.3, -0.25) is 4.98 Å². The summed E-state index contributed by atoms with van der Waals surface area (Å²) in [6.45, 7) is 1.94. The summed E-state index contributed by atoms with van der Waals surface area (Å²) < 4.78 is 0. The van der Waals surface area contributed by atoms with Gasteiger partial charge in [-0.15, -0.1) is 0 Å². The fraction of sp³-hybridized carbons (Fsp3) is 0.0667. The van der Waals surface area contributed by atoms with Crippen molar-refractivity contribution < 1.29 is 0 Å². The highest BCUT2D eigenvalue weighted by atomic mass is 15.1. The lowest BCUT2D eigenvalue weighted by molar-refractivity contribution is 1.15. The maximum atomic E-state index is 5.67. The first-order valence-corrected chi connectivity index (χ1v) is 6.47. The number of nitrogens with zero attached hydrogens (tertiary/aromatic N) is 4. The zero-order valence-corrected chi connectivity index (χ0v) is 11.5. The van der Waals surface area contributed by atoms with Crippen LogP contribution < -0.4 is 11.1 Å². The molecule has 6 heteroatoms. The molecule has 0 unspecified atom stereocenters. The molecule has 3 aromatic heterocycles. The van der Waals surface area contributed by atoms with Crippen molar-refractivity contribution in [2.75, 3.05) is 11.1 Å². The van der Waals surface area contributed by atoms with Crippen LogP contribution in [0.5, 0.6) is 0 Å². The van der Waals surface area contributed by atoms with E-state index >= 15 is 0 Å². The molecule has 3 N–H and O–H groups in total. The Hall–Kier alpha value is -3.02. The van der Waals surface area contributed by atoms with Gasteiger partial charge in [0.2, 0.25) is 5.95 Å². The van der Waals surface area contributed by atoms with Gasteiger partial charge in [0.15, 0.2) is 0 Å². The van der Waals surface area contributed by atoms with Crippen LogP contribution >= 0.6 is 0 Å². The van der Waals surface area contributed by atoms with Crippen LogP contribution in [-0.4, -0.2) is 19.9 Å². The predicted octanol–water partition coefficient (Wildman–Crippen LogP) is 2.57. The molecule has 0 atom stereocenters. The van der Waals surface area contributed by atoms with Crippen molar-refractivity contribution in [1.82, 2.24) is 19.9 Å².